The van der Waals surface area contributed by atoms with Crippen LogP contribution in [0, 0.1) is 0 Å². The highest BCUT2D eigenvalue weighted by atomic mass is 16.6. The summed E-state index contributed by atoms with van der Waals surface area (Å²) in [5.74, 6) is -0.725. The largest absolute Gasteiger partial charge is 0.458 e. The monoisotopic (exact) mass is 428 g/mol. The molecule has 1 atom stereocenters. The Morgan fingerprint density at radius 1 is 1.16 bits per heavy atom. The highest BCUT2D eigenvalue weighted by Crippen LogP contribution is 2.42. The molecule has 6 rings (SSSR count). The van der Waals surface area contributed by atoms with Gasteiger partial charge in [-0.25, -0.2) is 9.78 Å². The Bertz CT molecular complexity index is 1520. The summed E-state index contributed by atoms with van der Waals surface area (Å²) in [6.07, 6.45) is 1.86. The molecule has 0 saturated carbocycles. The second-order valence-electron chi connectivity index (χ2n) is 8.27. The van der Waals surface area contributed by atoms with E-state index in [1.165, 1.54) is 0 Å². The number of esters is 1. The fraction of sp³-hybridized carbons (Fsp3) is 0.250. The molecule has 0 unspecified atom stereocenters. The van der Waals surface area contributed by atoms with Crippen LogP contribution in [0.25, 0.3) is 33.5 Å². The van der Waals surface area contributed by atoms with Crippen molar-refractivity contribution >= 4 is 16.9 Å². The lowest BCUT2D eigenvalue weighted by Gasteiger charge is -2.31. The normalized spacial score (nSPS) is 18.9. The minimum absolute atomic E-state index is 0.111. The average Bonchev–Trinajstić information content (AvgIpc) is 3.38. The third kappa shape index (κ3) is 2.30. The Labute approximate surface area is 182 Å². The van der Waals surface area contributed by atoms with E-state index in [0.717, 1.165) is 27.7 Å². The number of carbonyl (C=O) groups excluding carboxylic acids is 1. The van der Waals surface area contributed by atoms with Crippen molar-refractivity contribution in [1.29, 1.82) is 0 Å². The zero-order valence-corrected chi connectivity index (χ0v) is 17.6. The van der Waals surface area contributed by atoms with Gasteiger partial charge in [-0.3, -0.25) is 9.48 Å². The predicted octanol–water partition coefficient (Wildman–Crippen LogP) is 2.48. The highest BCUT2D eigenvalue weighted by molar-refractivity contribution is 5.99. The van der Waals surface area contributed by atoms with Crippen LogP contribution in [0.1, 0.15) is 30.0 Å². The molecule has 32 heavy (non-hydrogen) atoms. The van der Waals surface area contributed by atoms with Crippen molar-refractivity contribution in [3.63, 3.8) is 0 Å². The Hall–Kier alpha value is -3.78. The van der Waals surface area contributed by atoms with Crippen LogP contribution < -0.4 is 5.56 Å². The molecular formula is C24H20N4O4. The highest BCUT2D eigenvalue weighted by Gasteiger charge is 2.45. The summed E-state index contributed by atoms with van der Waals surface area (Å²) in [7, 11) is 1.88. The standard InChI is InChI=1S/C24H20N4O4/c1-3-24(31)16-10-19-21-14(11-28(19)22(29)15(16)12-32-23(24)30)20(18-8-9-25-27(18)2)13-6-4-5-7-17(13)26-21/h4-10,31H,3,11-12H2,1-2H3/t24-/m0/s1. The van der Waals surface area contributed by atoms with E-state index in [9.17, 15) is 14.7 Å². The van der Waals surface area contributed by atoms with Crippen LogP contribution in [0.5, 0.6) is 0 Å². The van der Waals surface area contributed by atoms with Gasteiger partial charge >= 0.3 is 5.97 Å². The molecule has 2 aliphatic heterocycles. The van der Waals surface area contributed by atoms with Crippen LogP contribution in [-0.2, 0) is 35.3 Å². The number of aryl methyl sites for hydroxylation is 1. The smallest absolute Gasteiger partial charge is 0.343 e. The summed E-state index contributed by atoms with van der Waals surface area (Å²) in [4.78, 5) is 30.7. The quantitative estimate of drug-likeness (QED) is 0.434. The molecule has 0 saturated heterocycles. The molecule has 4 aromatic rings. The number of ether oxygens (including phenoxy) is 1. The second kappa shape index (κ2) is 6.37. The van der Waals surface area contributed by atoms with E-state index in [0.29, 0.717) is 29.1 Å². The van der Waals surface area contributed by atoms with Gasteiger partial charge < -0.3 is 14.4 Å². The SMILES string of the molecule is CC[C@@]1(O)C(=O)OCc2c1cc1n(c2=O)Cc2c-1nc1ccccc1c2-c1ccnn1C. The van der Waals surface area contributed by atoms with Gasteiger partial charge in [0.1, 0.15) is 6.61 Å². The van der Waals surface area contributed by atoms with Crippen LogP contribution >= 0.6 is 0 Å². The fourth-order valence-electron chi connectivity index (χ4n) is 4.94. The maximum absolute atomic E-state index is 13.5. The number of hydrogen-bond acceptors (Lipinski definition) is 6. The summed E-state index contributed by atoms with van der Waals surface area (Å²) in [6.45, 7) is 1.89. The molecule has 3 aromatic heterocycles. The molecule has 0 bridgehead atoms. The van der Waals surface area contributed by atoms with Crippen molar-refractivity contribution in [1.82, 2.24) is 19.3 Å². The number of fused-ring (bicyclic) bond motifs is 5. The van der Waals surface area contributed by atoms with E-state index in [1.807, 2.05) is 37.4 Å². The molecule has 8 heteroatoms. The fourth-order valence-corrected chi connectivity index (χ4v) is 4.94. The third-order valence-electron chi connectivity index (χ3n) is 6.67. The number of aliphatic hydroxyl groups is 1. The van der Waals surface area contributed by atoms with E-state index < -0.39 is 11.6 Å². The minimum atomic E-state index is -1.84. The predicted molar refractivity (Wildman–Crippen MR) is 117 cm³/mol. The first-order valence-corrected chi connectivity index (χ1v) is 10.5. The van der Waals surface area contributed by atoms with Crippen molar-refractivity contribution in [2.24, 2.45) is 7.05 Å². The first-order chi connectivity index (χ1) is 15.4. The molecule has 1 aromatic carbocycles. The van der Waals surface area contributed by atoms with Crippen LogP contribution in [0.15, 0.2) is 47.4 Å². The molecule has 0 aliphatic carbocycles. The molecule has 0 fully saturated rings. The van der Waals surface area contributed by atoms with Crippen LogP contribution in [0.3, 0.4) is 0 Å². The number of para-hydroxylation sites is 1. The lowest BCUT2D eigenvalue weighted by atomic mass is 9.86. The maximum Gasteiger partial charge on any atom is 0.343 e. The molecular weight excluding hydrogens is 408 g/mol. The number of benzene rings is 1. The first-order valence-electron chi connectivity index (χ1n) is 10.5. The number of hydrogen-bond donors (Lipinski definition) is 1. The molecule has 0 radical (unpaired) electrons. The van der Waals surface area contributed by atoms with Crippen LogP contribution in [0.4, 0.5) is 0 Å². The van der Waals surface area contributed by atoms with Gasteiger partial charge in [0.05, 0.1) is 34.7 Å². The lowest BCUT2D eigenvalue weighted by molar-refractivity contribution is -0.172. The summed E-state index contributed by atoms with van der Waals surface area (Å²) in [5, 5.41) is 16.4. The first kappa shape index (κ1) is 18.9. The number of nitrogens with zero attached hydrogens (tertiary/aromatic N) is 4. The zero-order chi connectivity index (χ0) is 22.2. The van der Waals surface area contributed by atoms with E-state index in [4.69, 9.17) is 9.72 Å². The average molecular weight is 428 g/mol. The number of carbonyl (C=O) groups is 1. The lowest BCUT2D eigenvalue weighted by Crippen LogP contribution is -2.44. The van der Waals surface area contributed by atoms with Gasteiger partial charge in [0, 0.05) is 35.3 Å². The van der Waals surface area contributed by atoms with Crippen molar-refractivity contribution in [3.8, 4) is 22.6 Å². The summed E-state index contributed by atoms with van der Waals surface area (Å²) in [5.41, 5.74) is 3.41. The van der Waals surface area contributed by atoms with Crippen molar-refractivity contribution in [3.05, 3.63) is 69.6 Å². The van der Waals surface area contributed by atoms with Crippen LogP contribution in [-0.4, -0.2) is 30.4 Å². The van der Waals surface area contributed by atoms with E-state index >= 15 is 0 Å². The van der Waals surface area contributed by atoms with E-state index in [-0.39, 0.29) is 18.6 Å². The Morgan fingerprint density at radius 2 is 1.97 bits per heavy atom. The Kier molecular flexibility index (Phi) is 3.77. The van der Waals surface area contributed by atoms with Gasteiger partial charge in [-0.05, 0) is 24.6 Å². The van der Waals surface area contributed by atoms with Gasteiger partial charge in [0.2, 0.25) is 0 Å². The Balaban J connectivity index is 1.70. The Morgan fingerprint density at radius 3 is 2.72 bits per heavy atom. The summed E-state index contributed by atoms with van der Waals surface area (Å²) >= 11 is 0. The molecule has 2 aliphatic rings. The maximum atomic E-state index is 13.5. The van der Waals surface area contributed by atoms with E-state index in [1.54, 1.807) is 28.4 Å². The second-order valence-corrected chi connectivity index (χ2v) is 8.27. The van der Waals surface area contributed by atoms with Gasteiger partial charge in [-0.2, -0.15) is 5.10 Å². The number of cyclic esters (lactones) is 1. The molecule has 0 spiro atoms. The molecule has 8 nitrogen and oxygen atoms in total. The summed E-state index contributed by atoms with van der Waals surface area (Å²) < 4.78 is 8.62. The van der Waals surface area contributed by atoms with E-state index in [2.05, 4.69) is 5.10 Å². The molecule has 0 amide bonds. The molecule has 160 valence electrons. The number of aromatic nitrogens is 4. The van der Waals surface area contributed by atoms with Gasteiger partial charge in [0.25, 0.3) is 5.56 Å². The van der Waals surface area contributed by atoms with Crippen LogP contribution in [0.2, 0.25) is 0 Å². The van der Waals surface area contributed by atoms with Gasteiger partial charge in [-0.15, -0.1) is 0 Å². The van der Waals surface area contributed by atoms with Crippen molar-refractivity contribution in [2.75, 3.05) is 0 Å². The topological polar surface area (TPSA) is 99.2 Å². The van der Waals surface area contributed by atoms with Gasteiger partial charge in [0.15, 0.2) is 5.60 Å². The molecule has 5 heterocycles. The number of pyridine rings is 2. The summed E-state index contributed by atoms with van der Waals surface area (Å²) in [6, 6.07) is 11.5. The van der Waals surface area contributed by atoms with Gasteiger partial charge in [-0.1, -0.05) is 25.1 Å². The van der Waals surface area contributed by atoms with Crippen molar-refractivity contribution < 1.29 is 14.6 Å². The third-order valence-corrected chi connectivity index (χ3v) is 6.67. The van der Waals surface area contributed by atoms with Crippen molar-refractivity contribution in [2.45, 2.75) is 32.1 Å². The minimum Gasteiger partial charge on any atom is -0.458 e. The zero-order valence-electron chi connectivity index (χ0n) is 17.6. The molecule has 1 N–H and O–H groups in total. The number of rotatable bonds is 2.